The highest BCUT2D eigenvalue weighted by atomic mass is 16.5. The maximum Gasteiger partial charge on any atom is 0.333 e. The summed E-state index contributed by atoms with van der Waals surface area (Å²) in [6, 6.07) is 15.4. The van der Waals surface area contributed by atoms with Crippen LogP contribution in [0.25, 0.3) is 0 Å². The Bertz CT molecular complexity index is 670. The molecule has 0 saturated heterocycles. The molecule has 1 amide bonds. The molecule has 5 heteroatoms. The molecule has 120 valence electrons. The van der Waals surface area contributed by atoms with Crippen molar-refractivity contribution in [1.29, 1.82) is 0 Å². The second-order valence-electron chi connectivity index (χ2n) is 4.92. The van der Waals surface area contributed by atoms with E-state index in [1.54, 1.807) is 37.4 Å². The van der Waals surface area contributed by atoms with Crippen LogP contribution in [0, 0.1) is 0 Å². The molecule has 1 N–H and O–H groups in total. The fraction of sp³-hybridized carbons (Fsp3) is 0.222. The Morgan fingerprint density at radius 1 is 1.00 bits per heavy atom. The molecule has 5 nitrogen and oxygen atoms in total. The second kappa shape index (κ2) is 7.98. The first-order valence-corrected chi connectivity index (χ1v) is 7.19. The Balaban J connectivity index is 2.13. The van der Waals surface area contributed by atoms with Gasteiger partial charge in [0.1, 0.15) is 5.75 Å². The zero-order chi connectivity index (χ0) is 16.7. The summed E-state index contributed by atoms with van der Waals surface area (Å²) < 4.78 is 10.0. The van der Waals surface area contributed by atoms with Crippen LogP contribution in [0.1, 0.15) is 17.2 Å². The molecule has 0 aliphatic rings. The molecule has 0 aliphatic carbocycles. The highest BCUT2D eigenvalue weighted by Crippen LogP contribution is 2.19. The monoisotopic (exact) mass is 313 g/mol. The third-order valence-electron chi connectivity index (χ3n) is 3.42. The molecule has 2 aromatic carbocycles. The molecule has 0 aliphatic heterocycles. The Morgan fingerprint density at radius 2 is 1.65 bits per heavy atom. The van der Waals surface area contributed by atoms with Gasteiger partial charge >= 0.3 is 5.97 Å². The van der Waals surface area contributed by atoms with E-state index in [0.29, 0.717) is 11.3 Å². The fourth-order valence-corrected chi connectivity index (χ4v) is 2.28. The summed E-state index contributed by atoms with van der Waals surface area (Å²) in [6.45, 7) is 0. The Labute approximate surface area is 135 Å². The summed E-state index contributed by atoms with van der Waals surface area (Å²) in [6.07, 6.45) is 0.115. The van der Waals surface area contributed by atoms with Crippen LogP contribution < -0.4 is 10.1 Å². The summed E-state index contributed by atoms with van der Waals surface area (Å²) in [5, 5.41) is 2.71. The number of hydrogen-bond acceptors (Lipinski definition) is 4. The summed E-state index contributed by atoms with van der Waals surface area (Å²) in [5.74, 6) is -0.157. The van der Waals surface area contributed by atoms with Crippen molar-refractivity contribution in [2.24, 2.45) is 0 Å². The van der Waals surface area contributed by atoms with Crippen LogP contribution in [0.2, 0.25) is 0 Å². The van der Waals surface area contributed by atoms with Gasteiger partial charge in [0, 0.05) is 5.56 Å². The molecule has 2 rings (SSSR count). The average molecular weight is 313 g/mol. The number of benzene rings is 2. The van der Waals surface area contributed by atoms with Crippen LogP contribution >= 0.6 is 0 Å². The molecule has 0 saturated carbocycles. The first-order chi connectivity index (χ1) is 11.2. The Hall–Kier alpha value is -2.82. The van der Waals surface area contributed by atoms with Crippen LogP contribution in [0.5, 0.6) is 5.75 Å². The molecule has 0 spiro atoms. The van der Waals surface area contributed by atoms with Crippen molar-refractivity contribution in [3.05, 3.63) is 65.7 Å². The van der Waals surface area contributed by atoms with E-state index < -0.39 is 12.0 Å². The van der Waals surface area contributed by atoms with Crippen LogP contribution in [0.3, 0.4) is 0 Å². The third kappa shape index (κ3) is 4.32. The van der Waals surface area contributed by atoms with Crippen molar-refractivity contribution in [1.82, 2.24) is 5.32 Å². The molecule has 0 fully saturated rings. The van der Waals surface area contributed by atoms with Gasteiger partial charge < -0.3 is 14.8 Å². The number of ether oxygens (including phenoxy) is 2. The molecule has 2 aromatic rings. The molecule has 0 radical (unpaired) electrons. The van der Waals surface area contributed by atoms with Gasteiger partial charge in [0.25, 0.3) is 0 Å². The molecule has 1 unspecified atom stereocenters. The van der Waals surface area contributed by atoms with Crippen molar-refractivity contribution in [2.45, 2.75) is 12.5 Å². The number of hydrogen-bond donors (Lipinski definition) is 1. The second-order valence-corrected chi connectivity index (χ2v) is 4.92. The Kier molecular flexibility index (Phi) is 5.74. The van der Waals surface area contributed by atoms with E-state index in [2.05, 4.69) is 5.32 Å². The van der Waals surface area contributed by atoms with E-state index in [1.165, 1.54) is 7.11 Å². The van der Waals surface area contributed by atoms with Crippen LogP contribution in [-0.4, -0.2) is 26.1 Å². The molecule has 0 bridgehead atoms. The SMILES string of the molecule is COC(=O)C(NC(=O)Cc1ccccc1OC)c1ccccc1. The van der Waals surface area contributed by atoms with Crippen molar-refractivity contribution in [3.8, 4) is 5.75 Å². The van der Waals surface area contributed by atoms with Crippen molar-refractivity contribution < 1.29 is 19.1 Å². The standard InChI is InChI=1S/C18H19NO4/c1-22-15-11-7-6-10-14(15)12-16(20)19-17(18(21)23-2)13-8-4-3-5-9-13/h3-11,17H,12H2,1-2H3,(H,19,20). The summed E-state index contributed by atoms with van der Waals surface area (Å²) >= 11 is 0. The highest BCUT2D eigenvalue weighted by Gasteiger charge is 2.23. The zero-order valence-corrected chi connectivity index (χ0v) is 13.1. The van der Waals surface area contributed by atoms with E-state index >= 15 is 0 Å². The topological polar surface area (TPSA) is 64.6 Å². The maximum atomic E-state index is 12.3. The first kappa shape index (κ1) is 16.5. The number of carbonyl (C=O) groups is 2. The van der Waals surface area contributed by atoms with Gasteiger partial charge in [-0.15, -0.1) is 0 Å². The number of rotatable bonds is 6. The lowest BCUT2D eigenvalue weighted by atomic mass is 10.1. The molecule has 0 aromatic heterocycles. The van der Waals surface area contributed by atoms with Crippen molar-refractivity contribution in [2.75, 3.05) is 14.2 Å². The van der Waals surface area contributed by atoms with Gasteiger partial charge in [0.05, 0.1) is 20.6 Å². The predicted octanol–water partition coefficient (Wildman–Crippen LogP) is 2.27. The quantitative estimate of drug-likeness (QED) is 0.831. The number of nitrogens with one attached hydrogen (secondary N) is 1. The van der Waals surface area contributed by atoms with Crippen molar-refractivity contribution in [3.63, 3.8) is 0 Å². The molecule has 1 atom stereocenters. The molecule has 0 heterocycles. The van der Waals surface area contributed by atoms with Crippen LogP contribution in [0.4, 0.5) is 0 Å². The van der Waals surface area contributed by atoms with Gasteiger partial charge in [-0.2, -0.15) is 0 Å². The minimum absolute atomic E-state index is 0.115. The van der Waals surface area contributed by atoms with E-state index in [-0.39, 0.29) is 12.3 Å². The Morgan fingerprint density at radius 3 is 2.30 bits per heavy atom. The summed E-state index contributed by atoms with van der Waals surface area (Å²) in [5.41, 5.74) is 1.43. The van der Waals surface area contributed by atoms with E-state index in [9.17, 15) is 9.59 Å². The van der Waals surface area contributed by atoms with Gasteiger partial charge in [0.15, 0.2) is 6.04 Å². The number of methoxy groups -OCH3 is 2. The lowest BCUT2D eigenvalue weighted by Gasteiger charge is -2.17. The summed E-state index contributed by atoms with van der Waals surface area (Å²) in [4.78, 5) is 24.3. The zero-order valence-electron chi connectivity index (χ0n) is 13.1. The lowest BCUT2D eigenvalue weighted by Crippen LogP contribution is -2.35. The first-order valence-electron chi connectivity index (χ1n) is 7.19. The minimum Gasteiger partial charge on any atom is -0.496 e. The van der Waals surface area contributed by atoms with Crippen molar-refractivity contribution >= 4 is 11.9 Å². The van der Waals surface area contributed by atoms with Gasteiger partial charge in [-0.25, -0.2) is 4.79 Å². The van der Waals surface area contributed by atoms with E-state index in [0.717, 1.165) is 5.56 Å². The largest absolute Gasteiger partial charge is 0.496 e. The highest BCUT2D eigenvalue weighted by molar-refractivity contribution is 5.86. The van der Waals surface area contributed by atoms with Gasteiger partial charge in [-0.3, -0.25) is 4.79 Å². The fourth-order valence-electron chi connectivity index (χ4n) is 2.28. The number of amides is 1. The number of esters is 1. The predicted molar refractivity (Wildman–Crippen MR) is 86.0 cm³/mol. The molecular formula is C18H19NO4. The van der Waals surface area contributed by atoms with E-state index in [4.69, 9.17) is 9.47 Å². The molecule has 23 heavy (non-hydrogen) atoms. The third-order valence-corrected chi connectivity index (χ3v) is 3.42. The number of carbonyl (C=O) groups excluding carboxylic acids is 2. The molecular weight excluding hydrogens is 294 g/mol. The normalized spacial score (nSPS) is 11.4. The van der Waals surface area contributed by atoms with Crippen LogP contribution in [-0.2, 0) is 20.7 Å². The summed E-state index contributed by atoms with van der Waals surface area (Å²) in [7, 11) is 2.85. The number of para-hydroxylation sites is 1. The average Bonchev–Trinajstić information content (AvgIpc) is 2.60. The minimum atomic E-state index is -0.830. The van der Waals surface area contributed by atoms with Gasteiger partial charge in [-0.1, -0.05) is 48.5 Å². The maximum absolute atomic E-state index is 12.3. The lowest BCUT2D eigenvalue weighted by molar-refractivity contribution is -0.145. The van der Waals surface area contributed by atoms with Gasteiger partial charge in [0.2, 0.25) is 5.91 Å². The van der Waals surface area contributed by atoms with Gasteiger partial charge in [-0.05, 0) is 11.6 Å². The smallest absolute Gasteiger partial charge is 0.333 e. The van der Waals surface area contributed by atoms with Crippen LogP contribution in [0.15, 0.2) is 54.6 Å². The van der Waals surface area contributed by atoms with E-state index in [1.807, 2.05) is 24.3 Å².